The molecule has 0 aromatic rings. The molecule has 0 radical (unpaired) electrons. The standard InChI is InChI=1S/2C8H10O10.4Na/c2*9-3(10)1-2(6(12)13)18-5(8(16)17)4(11)7(14)15;;;;/h2*2,4-5,11H,1H2,(H,9,10)(H,12,13)(H,14,15)(H,16,17);;;;/q;;4*+1/p-4. The Morgan fingerprint density at radius 3 is 0.850 bits per heavy atom. The summed E-state index contributed by atoms with van der Waals surface area (Å²) in [7, 11) is 0. The van der Waals surface area contributed by atoms with Gasteiger partial charge in [-0.3, -0.25) is 9.59 Å². The molecule has 0 aromatic carbocycles. The minimum absolute atomic E-state index is 0. The van der Waals surface area contributed by atoms with Crippen LogP contribution in [0.25, 0.3) is 0 Å². The predicted octanol–water partition coefficient (Wildman–Crippen LogP) is -21.7. The van der Waals surface area contributed by atoms with Crippen molar-refractivity contribution in [3.8, 4) is 0 Å². The van der Waals surface area contributed by atoms with Crippen molar-refractivity contribution in [2.45, 2.75) is 49.5 Å². The van der Waals surface area contributed by atoms with Crippen LogP contribution in [0.3, 0.4) is 0 Å². The number of carbonyl (C=O) groups excluding carboxylic acids is 4. The van der Waals surface area contributed by atoms with Crippen molar-refractivity contribution in [3.05, 3.63) is 0 Å². The van der Waals surface area contributed by atoms with Gasteiger partial charge >= 0.3 is 142 Å². The summed E-state index contributed by atoms with van der Waals surface area (Å²) in [6, 6.07) is 0. The molecule has 0 bridgehead atoms. The number of hydrogen-bond donors (Lipinski definition) is 6. The van der Waals surface area contributed by atoms with Crippen LogP contribution in [0.4, 0.5) is 0 Å². The first-order chi connectivity index (χ1) is 16.3. The third-order valence-electron chi connectivity index (χ3n) is 3.41. The van der Waals surface area contributed by atoms with Gasteiger partial charge in [0.1, 0.15) is 24.4 Å². The largest absolute Gasteiger partial charge is 1.00 e. The van der Waals surface area contributed by atoms with Gasteiger partial charge in [-0.05, 0) is 0 Å². The Kier molecular flexibility index (Phi) is 34.3. The van der Waals surface area contributed by atoms with Crippen molar-refractivity contribution in [1.29, 1.82) is 0 Å². The van der Waals surface area contributed by atoms with Gasteiger partial charge in [-0.1, -0.05) is 0 Å². The number of carbonyl (C=O) groups is 8. The van der Waals surface area contributed by atoms with Crippen LogP contribution in [-0.2, 0) is 47.8 Å². The van der Waals surface area contributed by atoms with Crippen molar-refractivity contribution < 1.29 is 217 Å². The monoisotopic (exact) mass is 620 g/mol. The van der Waals surface area contributed by atoms with Crippen LogP contribution in [0.1, 0.15) is 12.8 Å². The number of aliphatic carboxylic acids is 8. The van der Waals surface area contributed by atoms with Crippen molar-refractivity contribution in [2.24, 2.45) is 0 Å². The van der Waals surface area contributed by atoms with Gasteiger partial charge in [0, 0.05) is 0 Å². The second-order valence-electron chi connectivity index (χ2n) is 6.13. The molecule has 0 spiro atoms. The summed E-state index contributed by atoms with van der Waals surface area (Å²) in [5, 5.41) is 92.8. The first-order valence-corrected chi connectivity index (χ1v) is 8.73. The Hall–Kier alpha value is -0.400. The fourth-order valence-electron chi connectivity index (χ4n) is 1.82. The molecule has 6 atom stereocenters. The molecule has 0 aliphatic rings. The predicted molar refractivity (Wildman–Crippen MR) is 89.1 cm³/mol. The Morgan fingerprint density at radius 1 is 0.500 bits per heavy atom. The van der Waals surface area contributed by atoms with Gasteiger partial charge in [0.25, 0.3) is 0 Å². The van der Waals surface area contributed by atoms with Gasteiger partial charge in [-0.2, -0.15) is 0 Å². The van der Waals surface area contributed by atoms with E-state index in [2.05, 4.69) is 9.47 Å². The number of aliphatic hydroxyl groups is 2. The van der Waals surface area contributed by atoms with Crippen LogP contribution >= 0.6 is 0 Å². The zero-order chi connectivity index (χ0) is 28.9. The molecule has 40 heavy (non-hydrogen) atoms. The van der Waals surface area contributed by atoms with E-state index < -0.39 is 97.2 Å². The molecule has 0 aliphatic carbocycles. The fourth-order valence-corrected chi connectivity index (χ4v) is 1.82. The summed E-state index contributed by atoms with van der Waals surface area (Å²) in [5.41, 5.74) is 0. The average Bonchev–Trinajstić information content (AvgIpc) is 2.71. The van der Waals surface area contributed by atoms with Crippen LogP contribution in [0.2, 0.25) is 0 Å². The van der Waals surface area contributed by atoms with E-state index in [0.29, 0.717) is 0 Å². The van der Waals surface area contributed by atoms with Crippen LogP contribution in [0, 0.1) is 0 Å². The minimum Gasteiger partial charge on any atom is -0.547 e. The van der Waals surface area contributed by atoms with E-state index in [1.54, 1.807) is 0 Å². The van der Waals surface area contributed by atoms with Gasteiger partial charge in [0.2, 0.25) is 0 Å². The quantitative estimate of drug-likeness (QED) is 0.0872. The summed E-state index contributed by atoms with van der Waals surface area (Å²) in [4.78, 5) is 83.0. The summed E-state index contributed by atoms with van der Waals surface area (Å²) in [6.45, 7) is 0. The van der Waals surface area contributed by atoms with Crippen molar-refractivity contribution >= 4 is 47.8 Å². The van der Waals surface area contributed by atoms with E-state index >= 15 is 0 Å². The normalized spacial score (nSPS) is 13.8. The molecule has 0 saturated heterocycles. The number of hydrogen-bond acceptors (Lipinski definition) is 16. The van der Waals surface area contributed by atoms with Gasteiger partial charge in [-0.15, -0.1) is 0 Å². The van der Waals surface area contributed by atoms with E-state index in [1.165, 1.54) is 0 Å². The third-order valence-corrected chi connectivity index (χ3v) is 3.41. The summed E-state index contributed by atoms with van der Waals surface area (Å²) >= 11 is 0. The van der Waals surface area contributed by atoms with Gasteiger partial charge in [0.15, 0.2) is 12.2 Å². The van der Waals surface area contributed by atoms with Crippen LogP contribution in [-0.4, -0.2) is 115 Å². The maximum Gasteiger partial charge on any atom is 1.00 e. The van der Waals surface area contributed by atoms with Crippen LogP contribution < -0.4 is 139 Å². The number of aliphatic hydroxyl groups excluding tert-OH is 2. The van der Waals surface area contributed by atoms with Gasteiger partial charge in [-0.25, -0.2) is 9.59 Å². The molecule has 6 unspecified atom stereocenters. The van der Waals surface area contributed by atoms with Gasteiger partial charge in [0.05, 0.1) is 36.7 Å². The summed E-state index contributed by atoms with van der Waals surface area (Å²) in [5.74, 6) is -15.8. The maximum atomic E-state index is 10.5. The first kappa shape index (κ1) is 52.3. The number of carboxylic acid groups (broad SMARTS) is 8. The van der Waals surface area contributed by atoms with E-state index in [9.17, 15) is 58.8 Å². The number of ether oxygens (including phenoxy) is 2. The van der Waals surface area contributed by atoms with Crippen LogP contribution in [0.15, 0.2) is 0 Å². The first-order valence-electron chi connectivity index (χ1n) is 8.73. The molecular weight excluding hydrogens is 604 g/mol. The second kappa shape index (κ2) is 26.2. The maximum absolute atomic E-state index is 10.5. The minimum atomic E-state index is -2.69. The second-order valence-corrected chi connectivity index (χ2v) is 6.13. The molecule has 24 heteroatoms. The third kappa shape index (κ3) is 22.2. The van der Waals surface area contributed by atoms with E-state index in [4.69, 9.17) is 30.6 Å². The van der Waals surface area contributed by atoms with Crippen molar-refractivity contribution in [1.82, 2.24) is 0 Å². The van der Waals surface area contributed by atoms with E-state index in [0.717, 1.165) is 0 Å². The average molecular weight is 620 g/mol. The Labute approximate surface area is 310 Å². The SMILES string of the molecule is O=C(O)CC(OC(C(=O)[O-])C(O)C(=O)[O-])C(=O)O.O=C(O)CC(OC(C(=O)[O-])C(O)C(=O)[O-])C(=O)O.[Na+].[Na+].[Na+].[Na+]. The Bertz CT molecular complexity index is 811. The smallest absolute Gasteiger partial charge is 0.547 e. The number of carboxylic acids is 8. The Morgan fingerprint density at radius 2 is 0.725 bits per heavy atom. The topological polar surface area (TPSA) is 369 Å². The molecule has 0 aromatic heterocycles. The molecule has 6 N–H and O–H groups in total. The molecule has 0 rings (SSSR count). The summed E-state index contributed by atoms with van der Waals surface area (Å²) in [6.07, 6.45) is -17.1. The van der Waals surface area contributed by atoms with Gasteiger partial charge < -0.3 is 79.7 Å². The van der Waals surface area contributed by atoms with E-state index in [1.807, 2.05) is 0 Å². The molecule has 20 nitrogen and oxygen atoms in total. The molecule has 204 valence electrons. The molecule has 0 saturated carbocycles. The van der Waals surface area contributed by atoms with E-state index in [-0.39, 0.29) is 118 Å². The molecule has 0 amide bonds. The zero-order valence-corrected chi connectivity index (χ0v) is 29.3. The summed E-state index contributed by atoms with van der Waals surface area (Å²) < 4.78 is 8.39. The van der Waals surface area contributed by atoms with Crippen molar-refractivity contribution in [2.75, 3.05) is 0 Å². The molecule has 0 fully saturated rings. The molecule has 0 heterocycles. The Balaban J connectivity index is -0.000000131. The van der Waals surface area contributed by atoms with Crippen molar-refractivity contribution in [3.63, 3.8) is 0 Å². The molecular formula is C16H16Na4O20. The molecule has 0 aliphatic heterocycles. The zero-order valence-electron chi connectivity index (χ0n) is 21.3. The fraction of sp³-hybridized carbons (Fsp3) is 0.500. The number of rotatable bonds is 16. The van der Waals surface area contributed by atoms with Crippen LogP contribution in [0.5, 0.6) is 0 Å².